The number of aliphatic carboxylic acids is 2. The number of carboxylic acid groups (broad SMARTS) is 2. The van der Waals surface area contributed by atoms with Gasteiger partial charge in [-0.15, -0.1) is 0 Å². The van der Waals surface area contributed by atoms with Crippen molar-refractivity contribution < 1.29 is 24.6 Å². The van der Waals surface area contributed by atoms with E-state index in [-0.39, 0.29) is 19.3 Å². The lowest BCUT2D eigenvalue weighted by Gasteiger charge is -2.11. The minimum absolute atomic E-state index is 0.0462. The summed E-state index contributed by atoms with van der Waals surface area (Å²) in [7, 11) is 0. The zero-order valence-corrected chi connectivity index (χ0v) is 7.40. The second-order valence-corrected chi connectivity index (χ2v) is 2.69. The Bertz CT molecular complexity index is 240. The largest absolute Gasteiger partial charge is 0.481 e. The van der Waals surface area contributed by atoms with E-state index in [2.05, 4.69) is 0 Å². The van der Waals surface area contributed by atoms with Gasteiger partial charge in [0.05, 0.1) is 0 Å². The van der Waals surface area contributed by atoms with Gasteiger partial charge in [-0.05, 0) is 12.8 Å². The normalized spacial score (nSPS) is 11.7. The summed E-state index contributed by atoms with van der Waals surface area (Å²) in [5.74, 6) is -2.23. The molecule has 2 amide bonds. The van der Waals surface area contributed by atoms with Crippen molar-refractivity contribution >= 4 is 18.0 Å². The quantitative estimate of drug-likeness (QED) is 0.457. The van der Waals surface area contributed by atoms with Crippen LogP contribution >= 0.6 is 0 Å². The highest BCUT2D eigenvalue weighted by molar-refractivity contribution is 5.81. The van der Waals surface area contributed by atoms with Gasteiger partial charge in [-0.25, -0.2) is 9.59 Å². The number of rotatable bonds is 6. The van der Waals surface area contributed by atoms with E-state index < -0.39 is 24.0 Å². The summed E-state index contributed by atoms with van der Waals surface area (Å²) >= 11 is 0. The number of carbonyl (C=O) groups is 3. The van der Waals surface area contributed by atoms with Crippen molar-refractivity contribution in [3.8, 4) is 0 Å². The molecular weight excluding hydrogens is 192 g/mol. The van der Waals surface area contributed by atoms with Gasteiger partial charge in [0.1, 0.15) is 6.04 Å². The lowest BCUT2D eigenvalue weighted by atomic mass is 10.1. The molecule has 0 saturated carbocycles. The number of amides is 2. The first-order valence-electron chi connectivity index (χ1n) is 3.94. The van der Waals surface area contributed by atoms with E-state index in [1.165, 1.54) is 0 Å². The van der Waals surface area contributed by atoms with E-state index in [9.17, 15) is 14.4 Å². The molecule has 7 nitrogen and oxygen atoms in total. The average Bonchev–Trinajstić information content (AvgIpc) is 2.00. The molecule has 0 bridgehead atoms. The third-order valence-corrected chi connectivity index (χ3v) is 1.50. The first-order valence-corrected chi connectivity index (χ1v) is 3.94. The van der Waals surface area contributed by atoms with Gasteiger partial charge in [-0.3, -0.25) is 4.79 Å². The zero-order chi connectivity index (χ0) is 11.1. The van der Waals surface area contributed by atoms with E-state index in [1.807, 2.05) is 5.32 Å². The number of primary amides is 1. The molecule has 0 aliphatic rings. The molecule has 14 heavy (non-hydrogen) atoms. The van der Waals surface area contributed by atoms with Gasteiger partial charge in [0.2, 0.25) is 0 Å². The Morgan fingerprint density at radius 3 is 2.21 bits per heavy atom. The minimum Gasteiger partial charge on any atom is -0.481 e. The summed E-state index contributed by atoms with van der Waals surface area (Å²) in [4.78, 5) is 30.9. The molecule has 0 aliphatic carbocycles. The first-order chi connectivity index (χ1) is 6.43. The summed E-state index contributed by atoms with van der Waals surface area (Å²) in [5.41, 5.74) is 4.73. The lowest BCUT2D eigenvalue weighted by molar-refractivity contribution is -0.140. The number of hydrogen-bond donors (Lipinski definition) is 4. The van der Waals surface area contributed by atoms with Crippen molar-refractivity contribution in [2.45, 2.75) is 25.3 Å². The van der Waals surface area contributed by atoms with Crippen LogP contribution in [0.3, 0.4) is 0 Å². The van der Waals surface area contributed by atoms with Gasteiger partial charge < -0.3 is 21.3 Å². The maximum Gasteiger partial charge on any atom is 0.326 e. The van der Waals surface area contributed by atoms with Gasteiger partial charge in [-0.1, -0.05) is 0 Å². The minimum atomic E-state index is -1.23. The molecule has 0 heterocycles. The van der Waals surface area contributed by atoms with E-state index in [1.54, 1.807) is 0 Å². The fourth-order valence-corrected chi connectivity index (χ4v) is 0.887. The van der Waals surface area contributed by atoms with E-state index in [0.29, 0.717) is 0 Å². The van der Waals surface area contributed by atoms with E-state index >= 15 is 0 Å². The summed E-state index contributed by atoms with van der Waals surface area (Å²) < 4.78 is 0. The Morgan fingerprint density at radius 1 is 1.29 bits per heavy atom. The fraction of sp³-hybridized carbons (Fsp3) is 0.571. The lowest BCUT2D eigenvalue weighted by Crippen LogP contribution is -2.43. The van der Waals surface area contributed by atoms with Crippen molar-refractivity contribution in [3.05, 3.63) is 0 Å². The second kappa shape index (κ2) is 5.79. The van der Waals surface area contributed by atoms with Crippen LogP contribution in [-0.4, -0.2) is 34.2 Å². The van der Waals surface area contributed by atoms with Crippen LogP contribution in [-0.2, 0) is 9.59 Å². The average molecular weight is 204 g/mol. The highest BCUT2D eigenvalue weighted by Crippen LogP contribution is 2.01. The monoisotopic (exact) mass is 204 g/mol. The van der Waals surface area contributed by atoms with Crippen LogP contribution in [0.25, 0.3) is 0 Å². The van der Waals surface area contributed by atoms with Crippen LogP contribution in [0.4, 0.5) is 4.79 Å². The number of nitrogens with one attached hydrogen (secondary N) is 1. The predicted molar refractivity (Wildman–Crippen MR) is 45.6 cm³/mol. The summed E-state index contributed by atoms with van der Waals surface area (Å²) in [6, 6.07) is -2.06. The Hall–Kier alpha value is -1.79. The summed E-state index contributed by atoms with van der Waals surface area (Å²) in [6.45, 7) is 0. The van der Waals surface area contributed by atoms with Crippen LogP contribution in [0.1, 0.15) is 19.3 Å². The molecule has 0 aliphatic heterocycles. The molecule has 0 aromatic rings. The number of hydrogen-bond acceptors (Lipinski definition) is 3. The molecule has 80 valence electrons. The van der Waals surface area contributed by atoms with E-state index in [0.717, 1.165) is 0 Å². The molecule has 0 spiro atoms. The molecule has 0 fully saturated rings. The molecule has 0 aromatic heterocycles. The SMILES string of the molecule is NC(=O)N[C@H](CCCC(=O)O)C(=O)O. The Balaban J connectivity index is 3.91. The summed E-state index contributed by atoms with van der Waals surface area (Å²) in [6.07, 6.45) is 0.0847. The van der Waals surface area contributed by atoms with Crippen LogP contribution < -0.4 is 11.1 Å². The fourth-order valence-electron chi connectivity index (χ4n) is 0.887. The highest BCUT2D eigenvalue weighted by atomic mass is 16.4. The van der Waals surface area contributed by atoms with E-state index in [4.69, 9.17) is 15.9 Å². The molecule has 5 N–H and O–H groups in total. The Kier molecular flexibility index (Phi) is 5.05. The molecular formula is C7H12N2O5. The third kappa shape index (κ3) is 5.81. The van der Waals surface area contributed by atoms with Crippen molar-refractivity contribution in [3.63, 3.8) is 0 Å². The topological polar surface area (TPSA) is 130 Å². The molecule has 1 atom stereocenters. The van der Waals surface area contributed by atoms with Gasteiger partial charge in [-0.2, -0.15) is 0 Å². The second-order valence-electron chi connectivity index (χ2n) is 2.69. The van der Waals surface area contributed by atoms with Gasteiger partial charge in [0, 0.05) is 6.42 Å². The number of urea groups is 1. The predicted octanol–water partition coefficient (Wildman–Crippen LogP) is -0.637. The summed E-state index contributed by atoms with van der Waals surface area (Å²) in [5, 5.41) is 18.9. The standard InChI is InChI=1S/C7H12N2O5/c8-7(14)9-4(6(12)13)2-1-3-5(10)11/h4H,1-3H2,(H,10,11)(H,12,13)(H3,8,9,14)/t4-/m1/s1. The molecule has 0 aromatic carbocycles. The third-order valence-electron chi connectivity index (χ3n) is 1.50. The van der Waals surface area contributed by atoms with Crippen LogP contribution in [0.5, 0.6) is 0 Å². The molecule has 0 radical (unpaired) electrons. The van der Waals surface area contributed by atoms with Crippen molar-refractivity contribution in [2.24, 2.45) is 5.73 Å². The number of carboxylic acids is 2. The molecule has 0 rings (SSSR count). The molecule has 0 unspecified atom stereocenters. The maximum atomic E-state index is 10.5. The number of nitrogens with two attached hydrogens (primary N) is 1. The molecule has 0 saturated heterocycles. The van der Waals surface area contributed by atoms with Crippen molar-refractivity contribution in [1.82, 2.24) is 5.32 Å². The smallest absolute Gasteiger partial charge is 0.326 e. The zero-order valence-electron chi connectivity index (χ0n) is 7.40. The van der Waals surface area contributed by atoms with Crippen LogP contribution in [0.15, 0.2) is 0 Å². The highest BCUT2D eigenvalue weighted by Gasteiger charge is 2.18. The van der Waals surface area contributed by atoms with Gasteiger partial charge in [0.15, 0.2) is 0 Å². The van der Waals surface area contributed by atoms with Crippen molar-refractivity contribution in [1.29, 1.82) is 0 Å². The Morgan fingerprint density at radius 2 is 1.86 bits per heavy atom. The number of carbonyl (C=O) groups excluding carboxylic acids is 1. The molecule has 7 heteroatoms. The Labute approximate surface area is 79.9 Å². The maximum absolute atomic E-state index is 10.5. The van der Waals surface area contributed by atoms with Crippen LogP contribution in [0, 0.1) is 0 Å². The van der Waals surface area contributed by atoms with Gasteiger partial charge >= 0.3 is 18.0 Å². The van der Waals surface area contributed by atoms with Crippen molar-refractivity contribution in [2.75, 3.05) is 0 Å². The van der Waals surface area contributed by atoms with Crippen LogP contribution in [0.2, 0.25) is 0 Å². The first kappa shape index (κ1) is 12.2. The van der Waals surface area contributed by atoms with Gasteiger partial charge in [0.25, 0.3) is 0 Å².